The van der Waals surface area contributed by atoms with Crippen LogP contribution in [0.3, 0.4) is 0 Å². The van der Waals surface area contributed by atoms with Crippen molar-refractivity contribution in [1.82, 2.24) is 9.62 Å². The number of aliphatic carboxylic acids is 1. The molecule has 1 saturated carbocycles. The highest BCUT2D eigenvalue weighted by molar-refractivity contribution is 7.89. The average molecular weight is 336 g/mol. The first-order chi connectivity index (χ1) is 10.8. The third-order valence-corrected chi connectivity index (χ3v) is 4.71. The predicted octanol–water partition coefficient (Wildman–Crippen LogP) is 0.287. The number of nitrogens with one attached hydrogen (secondary N) is 1. The first-order valence-electron chi connectivity index (χ1n) is 6.91. The van der Waals surface area contributed by atoms with Gasteiger partial charge in [-0.05, 0) is 31.0 Å². The highest BCUT2D eigenvalue weighted by Gasteiger charge is 2.34. The zero-order valence-corrected chi connectivity index (χ0v) is 13.0. The molecule has 0 saturated heterocycles. The van der Waals surface area contributed by atoms with Crippen molar-refractivity contribution in [3.8, 4) is 12.3 Å². The summed E-state index contributed by atoms with van der Waals surface area (Å²) in [6.45, 7) is -0.566. The minimum Gasteiger partial charge on any atom is -0.480 e. The zero-order valence-electron chi connectivity index (χ0n) is 12.2. The second-order valence-corrected chi connectivity index (χ2v) is 6.88. The van der Waals surface area contributed by atoms with E-state index in [9.17, 15) is 18.0 Å². The summed E-state index contributed by atoms with van der Waals surface area (Å²) in [7, 11) is -3.81. The molecule has 0 aliphatic heterocycles. The average Bonchev–Trinajstić information content (AvgIpc) is 3.34. The Morgan fingerprint density at radius 1 is 1.39 bits per heavy atom. The molecule has 23 heavy (non-hydrogen) atoms. The van der Waals surface area contributed by atoms with Crippen molar-refractivity contribution < 1.29 is 23.1 Å². The van der Waals surface area contributed by atoms with E-state index in [1.807, 2.05) is 0 Å². The third kappa shape index (κ3) is 4.31. The van der Waals surface area contributed by atoms with Crippen LogP contribution in [0.25, 0.3) is 0 Å². The number of benzene rings is 1. The Kier molecular flexibility index (Phi) is 5.03. The number of carbonyl (C=O) groups excluding carboxylic acids is 1. The predicted molar refractivity (Wildman–Crippen MR) is 82.2 cm³/mol. The van der Waals surface area contributed by atoms with E-state index in [2.05, 4.69) is 10.6 Å². The van der Waals surface area contributed by atoms with E-state index in [0.29, 0.717) is 0 Å². The van der Waals surface area contributed by atoms with Gasteiger partial charge in [-0.2, -0.15) is 4.72 Å². The van der Waals surface area contributed by atoms with Crippen LogP contribution < -0.4 is 4.72 Å². The van der Waals surface area contributed by atoms with E-state index in [1.54, 1.807) is 0 Å². The van der Waals surface area contributed by atoms with Crippen LogP contribution in [0, 0.1) is 12.3 Å². The molecule has 0 heterocycles. The van der Waals surface area contributed by atoms with Gasteiger partial charge in [0.2, 0.25) is 10.0 Å². The van der Waals surface area contributed by atoms with Crippen molar-refractivity contribution in [1.29, 1.82) is 0 Å². The maximum absolute atomic E-state index is 12.5. The van der Waals surface area contributed by atoms with Crippen molar-refractivity contribution in [2.45, 2.75) is 23.8 Å². The van der Waals surface area contributed by atoms with E-state index >= 15 is 0 Å². The SMILES string of the molecule is C#CCNS(=O)(=O)c1cccc(C(=O)N(CC(=O)O)C2CC2)c1. The van der Waals surface area contributed by atoms with E-state index in [1.165, 1.54) is 29.2 Å². The Hall–Kier alpha value is -2.37. The number of hydrogen-bond acceptors (Lipinski definition) is 4. The molecule has 0 spiro atoms. The molecule has 0 aromatic heterocycles. The smallest absolute Gasteiger partial charge is 0.323 e. The summed E-state index contributed by atoms with van der Waals surface area (Å²) >= 11 is 0. The first-order valence-corrected chi connectivity index (χ1v) is 8.39. The lowest BCUT2D eigenvalue weighted by Gasteiger charge is -2.20. The Bertz CT molecular complexity index is 762. The molecule has 0 radical (unpaired) electrons. The summed E-state index contributed by atoms with van der Waals surface area (Å²) in [5, 5.41) is 8.92. The molecule has 2 rings (SSSR count). The van der Waals surface area contributed by atoms with Gasteiger partial charge in [0.15, 0.2) is 0 Å². The summed E-state index contributed by atoms with van der Waals surface area (Å²) < 4.78 is 26.3. The van der Waals surface area contributed by atoms with Crippen LogP contribution in [0.5, 0.6) is 0 Å². The normalized spacial score (nSPS) is 14.0. The van der Waals surface area contributed by atoms with Crippen molar-refractivity contribution >= 4 is 21.9 Å². The molecule has 1 aliphatic rings. The molecule has 1 amide bonds. The molecule has 0 unspecified atom stereocenters. The Morgan fingerprint density at radius 2 is 2.09 bits per heavy atom. The van der Waals surface area contributed by atoms with Crippen molar-refractivity contribution in [3.63, 3.8) is 0 Å². The number of rotatable bonds is 7. The summed E-state index contributed by atoms with van der Waals surface area (Å²) in [5.41, 5.74) is 0.127. The number of amides is 1. The molecule has 0 atom stereocenters. The van der Waals surface area contributed by atoms with Crippen LogP contribution in [-0.4, -0.2) is 49.4 Å². The summed E-state index contributed by atoms with van der Waals surface area (Å²) in [6.07, 6.45) is 6.53. The summed E-state index contributed by atoms with van der Waals surface area (Å²) in [4.78, 5) is 24.5. The van der Waals surface area contributed by atoms with Gasteiger partial charge in [0.05, 0.1) is 11.4 Å². The quantitative estimate of drug-likeness (QED) is 0.697. The second-order valence-electron chi connectivity index (χ2n) is 5.11. The molecular weight excluding hydrogens is 320 g/mol. The highest BCUT2D eigenvalue weighted by atomic mass is 32.2. The Morgan fingerprint density at radius 3 is 2.65 bits per heavy atom. The summed E-state index contributed by atoms with van der Waals surface area (Å²) in [6, 6.07) is 5.36. The zero-order chi connectivity index (χ0) is 17.0. The molecule has 7 nitrogen and oxygen atoms in total. The van der Waals surface area contributed by atoms with Crippen molar-refractivity contribution in [2.75, 3.05) is 13.1 Å². The fraction of sp³-hybridized carbons (Fsp3) is 0.333. The van der Waals surface area contributed by atoms with Gasteiger partial charge in [0.1, 0.15) is 6.54 Å². The van der Waals surface area contributed by atoms with Crippen LogP contribution in [0.15, 0.2) is 29.2 Å². The Labute approximate surface area is 134 Å². The number of carboxylic acid groups (broad SMARTS) is 1. The standard InChI is InChI=1S/C15H16N2O5S/c1-2-8-16-23(21,22)13-5-3-4-11(9-13)15(20)17(10-14(18)19)12-6-7-12/h1,3-5,9,12,16H,6-8,10H2,(H,18,19). The van der Waals surface area contributed by atoms with E-state index in [-0.39, 0.29) is 23.0 Å². The molecule has 122 valence electrons. The minimum absolute atomic E-state index is 0.0929. The van der Waals surface area contributed by atoms with Gasteiger partial charge in [-0.3, -0.25) is 9.59 Å². The van der Waals surface area contributed by atoms with Crippen LogP contribution in [0.4, 0.5) is 0 Å². The topological polar surface area (TPSA) is 104 Å². The van der Waals surface area contributed by atoms with Crippen molar-refractivity contribution in [2.24, 2.45) is 0 Å². The lowest BCUT2D eigenvalue weighted by atomic mass is 10.2. The minimum atomic E-state index is -3.81. The van der Waals surface area contributed by atoms with E-state index in [4.69, 9.17) is 11.5 Å². The van der Waals surface area contributed by atoms with Gasteiger partial charge >= 0.3 is 5.97 Å². The van der Waals surface area contributed by atoms with Crippen LogP contribution in [0.2, 0.25) is 0 Å². The third-order valence-electron chi connectivity index (χ3n) is 3.31. The molecule has 0 bridgehead atoms. The maximum atomic E-state index is 12.5. The first kappa shape index (κ1) is 17.0. The van der Waals surface area contributed by atoms with E-state index < -0.39 is 28.4 Å². The number of carboxylic acids is 1. The maximum Gasteiger partial charge on any atom is 0.323 e. The molecule has 1 aromatic rings. The molecule has 1 aromatic carbocycles. The lowest BCUT2D eigenvalue weighted by Crippen LogP contribution is -2.37. The molecule has 1 fully saturated rings. The van der Waals surface area contributed by atoms with Gasteiger partial charge in [-0.15, -0.1) is 6.42 Å². The summed E-state index contributed by atoms with van der Waals surface area (Å²) in [5.74, 6) is 0.560. The van der Waals surface area contributed by atoms with Crippen LogP contribution in [-0.2, 0) is 14.8 Å². The molecule has 2 N–H and O–H groups in total. The number of sulfonamides is 1. The highest BCUT2D eigenvalue weighted by Crippen LogP contribution is 2.28. The van der Waals surface area contributed by atoms with Gasteiger partial charge in [0, 0.05) is 11.6 Å². The fourth-order valence-electron chi connectivity index (χ4n) is 2.08. The molecular formula is C15H16N2O5S. The molecule has 1 aliphatic carbocycles. The van der Waals surface area contributed by atoms with Gasteiger partial charge in [-0.1, -0.05) is 12.0 Å². The monoisotopic (exact) mass is 336 g/mol. The second kappa shape index (κ2) is 6.81. The van der Waals surface area contributed by atoms with Crippen molar-refractivity contribution in [3.05, 3.63) is 29.8 Å². The van der Waals surface area contributed by atoms with Gasteiger partial charge in [0.25, 0.3) is 5.91 Å². The number of hydrogen-bond donors (Lipinski definition) is 2. The molecule has 8 heteroatoms. The number of nitrogens with zero attached hydrogens (tertiary/aromatic N) is 1. The van der Waals surface area contributed by atoms with Gasteiger partial charge in [-0.25, -0.2) is 8.42 Å². The lowest BCUT2D eigenvalue weighted by molar-refractivity contribution is -0.137. The largest absolute Gasteiger partial charge is 0.480 e. The number of terminal acetylenes is 1. The van der Waals surface area contributed by atoms with E-state index in [0.717, 1.165) is 12.8 Å². The number of carbonyl (C=O) groups is 2. The van der Waals surface area contributed by atoms with Crippen LogP contribution >= 0.6 is 0 Å². The Balaban J connectivity index is 2.26. The fourth-order valence-corrected chi connectivity index (χ4v) is 3.06. The van der Waals surface area contributed by atoms with Crippen LogP contribution in [0.1, 0.15) is 23.2 Å². The van der Waals surface area contributed by atoms with Gasteiger partial charge < -0.3 is 10.0 Å².